The molecule has 0 unspecified atom stereocenters. The lowest BCUT2D eigenvalue weighted by molar-refractivity contribution is 0.940. The Bertz CT molecular complexity index is 847. The molecule has 2 heterocycles. The molecule has 0 aliphatic carbocycles. The third-order valence-electron chi connectivity index (χ3n) is 2.56. The Balaban J connectivity index is 2.08. The minimum atomic E-state index is -0.303. The van der Waals surface area contributed by atoms with E-state index in [2.05, 4.69) is 19.9 Å². The maximum Gasteiger partial charge on any atom is 0.253 e. The van der Waals surface area contributed by atoms with Crippen molar-refractivity contribution < 1.29 is 0 Å². The molecule has 0 bridgehead atoms. The number of aromatic nitrogens is 4. The lowest BCUT2D eigenvalue weighted by Gasteiger charge is -2.05. The van der Waals surface area contributed by atoms with Gasteiger partial charge in [-0.05, 0) is 30.0 Å². The van der Waals surface area contributed by atoms with E-state index in [4.69, 9.17) is 11.5 Å². The molecule has 0 spiro atoms. The number of fused-ring (bicyclic) bond motifs is 1. The molecule has 3 rings (SSSR count). The summed E-state index contributed by atoms with van der Waals surface area (Å²) >= 11 is 1.21. The molecule has 0 amide bonds. The fourth-order valence-electron chi connectivity index (χ4n) is 1.72. The first kappa shape index (κ1) is 12.4. The lowest BCUT2D eigenvalue weighted by atomic mass is 10.2. The number of anilines is 2. The van der Waals surface area contributed by atoms with E-state index in [9.17, 15) is 4.79 Å². The van der Waals surface area contributed by atoms with Gasteiger partial charge >= 0.3 is 0 Å². The highest BCUT2D eigenvalue weighted by Crippen LogP contribution is 2.29. The number of nitrogens with two attached hydrogens (primary N) is 2. The van der Waals surface area contributed by atoms with E-state index in [1.807, 2.05) is 6.07 Å². The summed E-state index contributed by atoms with van der Waals surface area (Å²) in [5.41, 5.74) is 12.3. The second kappa shape index (κ2) is 4.82. The molecule has 100 valence electrons. The zero-order valence-corrected chi connectivity index (χ0v) is 11.0. The number of benzene rings is 1. The number of hydrogen-bond donors (Lipinski definition) is 3. The molecule has 20 heavy (non-hydrogen) atoms. The average Bonchev–Trinajstić information content (AvgIpc) is 2.37. The number of hydrogen-bond acceptors (Lipinski definition) is 7. The van der Waals surface area contributed by atoms with Gasteiger partial charge in [-0.3, -0.25) is 4.79 Å². The quantitative estimate of drug-likeness (QED) is 0.365. The van der Waals surface area contributed by atoms with Gasteiger partial charge in [0.1, 0.15) is 17.2 Å². The van der Waals surface area contributed by atoms with Gasteiger partial charge in [0.15, 0.2) is 5.16 Å². The predicted molar refractivity (Wildman–Crippen MR) is 77.3 cm³/mol. The van der Waals surface area contributed by atoms with Crippen LogP contribution in [0.2, 0.25) is 0 Å². The standard InChI is InChI=1S/C12H10N6OS/c13-6-1-2-7-8(3-6)15-5-16-11(7)20-12-17-9(14)4-10(19)18-12/h1-5H,13H2,(H3,14,17,18,19). The van der Waals surface area contributed by atoms with E-state index in [1.165, 1.54) is 24.2 Å². The molecule has 8 heteroatoms. The molecule has 0 fully saturated rings. The van der Waals surface area contributed by atoms with Gasteiger partial charge in [0.2, 0.25) is 0 Å². The highest BCUT2D eigenvalue weighted by Gasteiger charge is 2.08. The number of nitrogen functional groups attached to an aromatic ring is 2. The Morgan fingerprint density at radius 3 is 2.80 bits per heavy atom. The summed E-state index contributed by atoms with van der Waals surface area (Å²) in [6, 6.07) is 6.59. The average molecular weight is 286 g/mol. The van der Waals surface area contributed by atoms with Gasteiger partial charge in [-0.2, -0.15) is 0 Å². The Labute approximate surface area is 117 Å². The second-order valence-electron chi connectivity index (χ2n) is 4.03. The Kier molecular flexibility index (Phi) is 2.99. The van der Waals surface area contributed by atoms with Crippen molar-refractivity contribution >= 4 is 34.2 Å². The van der Waals surface area contributed by atoms with E-state index < -0.39 is 0 Å². The first-order valence-corrected chi connectivity index (χ1v) is 6.48. The maximum absolute atomic E-state index is 11.4. The van der Waals surface area contributed by atoms with Gasteiger partial charge in [-0.15, -0.1) is 0 Å². The number of rotatable bonds is 2. The molecule has 7 nitrogen and oxygen atoms in total. The number of nitrogens with zero attached hydrogens (tertiary/aromatic N) is 3. The first-order chi connectivity index (χ1) is 9.61. The van der Waals surface area contributed by atoms with E-state index in [0.717, 1.165) is 10.9 Å². The number of H-pyrrole nitrogens is 1. The molecule has 3 aromatic rings. The predicted octanol–water partition coefficient (Wildman–Crippen LogP) is 1.03. The summed E-state index contributed by atoms with van der Waals surface area (Å²) in [7, 11) is 0. The minimum Gasteiger partial charge on any atom is -0.399 e. The normalized spacial score (nSPS) is 10.8. The molecule has 2 aromatic heterocycles. The summed E-state index contributed by atoms with van der Waals surface area (Å²) < 4.78 is 0. The molecule has 0 atom stereocenters. The summed E-state index contributed by atoms with van der Waals surface area (Å²) in [6.07, 6.45) is 1.44. The van der Waals surface area contributed by atoms with Crippen LogP contribution in [-0.2, 0) is 0 Å². The highest BCUT2D eigenvalue weighted by atomic mass is 32.2. The van der Waals surface area contributed by atoms with Crippen molar-refractivity contribution in [2.75, 3.05) is 11.5 Å². The van der Waals surface area contributed by atoms with E-state index in [0.29, 0.717) is 15.9 Å². The molecule has 0 saturated heterocycles. The second-order valence-corrected chi connectivity index (χ2v) is 5.01. The molecular weight excluding hydrogens is 276 g/mol. The molecule has 0 saturated carbocycles. The fourth-order valence-corrected chi connectivity index (χ4v) is 2.59. The Hall–Kier alpha value is -2.61. The van der Waals surface area contributed by atoms with Crippen LogP contribution in [0.25, 0.3) is 10.9 Å². The zero-order valence-electron chi connectivity index (χ0n) is 10.2. The van der Waals surface area contributed by atoms with Crippen molar-refractivity contribution in [2.24, 2.45) is 0 Å². The lowest BCUT2D eigenvalue weighted by Crippen LogP contribution is -2.09. The molecule has 0 aliphatic rings. The number of aromatic amines is 1. The van der Waals surface area contributed by atoms with Gasteiger partial charge < -0.3 is 16.5 Å². The van der Waals surface area contributed by atoms with Crippen LogP contribution in [0.3, 0.4) is 0 Å². The molecule has 5 N–H and O–H groups in total. The van der Waals surface area contributed by atoms with Crippen LogP contribution in [-0.4, -0.2) is 19.9 Å². The van der Waals surface area contributed by atoms with Crippen LogP contribution in [0.15, 0.2) is 45.6 Å². The van der Waals surface area contributed by atoms with Crippen LogP contribution in [0.4, 0.5) is 11.5 Å². The largest absolute Gasteiger partial charge is 0.399 e. The van der Waals surface area contributed by atoms with Gasteiger partial charge in [0.05, 0.1) is 5.52 Å². The van der Waals surface area contributed by atoms with Gasteiger partial charge in [-0.25, -0.2) is 15.0 Å². The maximum atomic E-state index is 11.4. The molecular formula is C12H10N6OS. The van der Waals surface area contributed by atoms with Crippen LogP contribution < -0.4 is 17.0 Å². The smallest absolute Gasteiger partial charge is 0.253 e. The molecule has 1 aromatic carbocycles. The third-order valence-corrected chi connectivity index (χ3v) is 3.46. The van der Waals surface area contributed by atoms with Crippen molar-refractivity contribution in [1.82, 2.24) is 19.9 Å². The zero-order chi connectivity index (χ0) is 14.1. The summed E-state index contributed by atoms with van der Waals surface area (Å²) in [5, 5.41) is 1.88. The number of nitrogens with one attached hydrogen (secondary N) is 1. The summed E-state index contributed by atoms with van der Waals surface area (Å²) in [5.74, 6) is 0.166. The Morgan fingerprint density at radius 1 is 1.15 bits per heavy atom. The van der Waals surface area contributed by atoms with E-state index >= 15 is 0 Å². The van der Waals surface area contributed by atoms with Crippen molar-refractivity contribution in [3.05, 3.63) is 40.9 Å². The van der Waals surface area contributed by atoms with Crippen LogP contribution in [0.5, 0.6) is 0 Å². The van der Waals surface area contributed by atoms with Crippen LogP contribution in [0, 0.1) is 0 Å². The van der Waals surface area contributed by atoms with Crippen molar-refractivity contribution in [1.29, 1.82) is 0 Å². The van der Waals surface area contributed by atoms with Crippen LogP contribution >= 0.6 is 11.8 Å². The van der Waals surface area contributed by atoms with Gasteiger partial charge in [0, 0.05) is 17.1 Å². The fraction of sp³-hybridized carbons (Fsp3) is 0. The van der Waals surface area contributed by atoms with Crippen molar-refractivity contribution in [3.63, 3.8) is 0 Å². The Morgan fingerprint density at radius 2 is 2.00 bits per heavy atom. The summed E-state index contributed by atoms with van der Waals surface area (Å²) in [6.45, 7) is 0. The van der Waals surface area contributed by atoms with Crippen LogP contribution in [0.1, 0.15) is 0 Å². The SMILES string of the molecule is Nc1ccc2c(Sc3nc(N)cc(=O)[nH]3)ncnc2c1. The molecule has 0 aliphatic heterocycles. The minimum absolute atomic E-state index is 0.166. The van der Waals surface area contributed by atoms with E-state index in [1.54, 1.807) is 12.1 Å². The monoisotopic (exact) mass is 286 g/mol. The highest BCUT2D eigenvalue weighted by molar-refractivity contribution is 7.99. The molecule has 0 radical (unpaired) electrons. The van der Waals surface area contributed by atoms with Crippen molar-refractivity contribution in [3.8, 4) is 0 Å². The summed E-state index contributed by atoms with van der Waals surface area (Å²) in [4.78, 5) is 26.4. The van der Waals surface area contributed by atoms with Gasteiger partial charge in [0.25, 0.3) is 5.56 Å². The topological polar surface area (TPSA) is 124 Å². The van der Waals surface area contributed by atoms with E-state index in [-0.39, 0.29) is 11.4 Å². The van der Waals surface area contributed by atoms with Gasteiger partial charge in [-0.1, -0.05) is 0 Å². The third kappa shape index (κ3) is 2.41. The van der Waals surface area contributed by atoms with Crippen molar-refractivity contribution in [2.45, 2.75) is 10.2 Å². The first-order valence-electron chi connectivity index (χ1n) is 5.67.